The lowest BCUT2D eigenvalue weighted by atomic mass is 9.69. The zero-order chi connectivity index (χ0) is 11.2. The fraction of sp³-hybridized carbons (Fsp3) is 0.462. The molecule has 84 valence electrons. The van der Waals surface area contributed by atoms with Gasteiger partial charge in [0.05, 0.1) is 0 Å². The Bertz CT molecular complexity index is 457. The Morgan fingerprint density at radius 3 is 3.00 bits per heavy atom. The maximum absolute atomic E-state index is 13.7. The summed E-state index contributed by atoms with van der Waals surface area (Å²) in [7, 11) is 0. The van der Waals surface area contributed by atoms with Gasteiger partial charge < -0.3 is 5.32 Å². The van der Waals surface area contributed by atoms with E-state index in [1.807, 2.05) is 6.07 Å². The average molecular weight is 219 g/mol. The summed E-state index contributed by atoms with van der Waals surface area (Å²) in [6, 6.07) is 5.25. The number of fused-ring (bicyclic) bond motifs is 2. The third-order valence-corrected chi connectivity index (χ3v) is 3.90. The van der Waals surface area contributed by atoms with Gasteiger partial charge in [0.2, 0.25) is 5.91 Å². The molecule has 3 heteroatoms. The minimum atomic E-state index is -0.132. The van der Waals surface area contributed by atoms with Gasteiger partial charge in [-0.2, -0.15) is 0 Å². The summed E-state index contributed by atoms with van der Waals surface area (Å²) in [5, 5.41) is 2.88. The molecule has 2 nitrogen and oxygen atoms in total. The molecule has 1 aliphatic heterocycles. The highest BCUT2D eigenvalue weighted by Crippen LogP contribution is 2.42. The number of hydrogen-bond donors (Lipinski definition) is 1. The molecule has 1 saturated heterocycles. The highest BCUT2D eigenvalue weighted by molar-refractivity contribution is 5.81. The van der Waals surface area contributed by atoms with E-state index >= 15 is 0 Å². The van der Waals surface area contributed by atoms with E-state index in [-0.39, 0.29) is 17.1 Å². The number of amides is 1. The van der Waals surface area contributed by atoms with Crippen LogP contribution in [0.5, 0.6) is 0 Å². The van der Waals surface area contributed by atoms with Crippen molar-refractivity contribution in [1.29, 1.82) is 0 Å². The predicted molar refractivity (Wildman–Crippen MR) is 58.6 cm³/mol. The van der Waals surface area contributed by atoms with Crippen molar-refractivity contribution in [3.05, 3.63) is 35.1 Å². The molecule has 16 heavy (non-hydrogen) atoms. The molecule has 1 aromatic rings. The molecule has 0 saturated carbocycles. The number of nitrogens with one attached hydrogen (secondary N) is 1. The quantitative estimate of drug-likeness (QED) is 0.709. The molecule has 1 aliphatic carbocycles. The molecule has 1 aromatic carbocycles. The van der Waals surface area contributed by atoms with E-state index in [0.717, 1.165) is 30.4 Å². The van der Waals surface area contributed by atoms with Gasteiger partial charge in [-0.05, 0) is 36.5 Å². The first kappa shape index (κ1) is 9.82. The number of carbonyl (C=O) groups is 1. The first-order chi connectivity index (χ1) is 7.71. The molecule has 0 aromatic heterocycles. The van der Waals surface area contributed by atoms with Gasteiger partial charge in [0.25, 0.3) is 0 Å². The van der Waals surface area contributed by atoms with E-state index in [0.29, 0.717) is 13.0 Å². The minimum absolute atomic E-state index is 0.0945. The largest absolute Gasteiger partial charge is 0.355 e. The molecule has 0 radical (unpaired) electrons. The third kappa shape index (κ3) is 1.27. The van der Waals surface area contributed by atoms with Gasteiger partial charge in [0.1, 0.15) is 5.82 Å². The molecule has 1 N–H and O–H groups in total. The number of rotatable bonds is 0. The summed E-state index contributed by atoms with van der Waals surface area (Å²) in [5.41, 5.74) is 1.75. The molecule has 1 heterocycles. The van der Waals surface area contributed by atoms with Crippen LogP contribution in [-0.4, -0.2) is 12.5 Å². The van der Waals surface area contributed by atoms with Crippen LogP contribution in [-0.2, 0) is 16.6 Å². The van der Waals surface area contributed by atoms with Gasteiger partial charge in [0.15, 0.2) is 0 Å². The Morgan fingerprint density at radius 1 is 1.38 bits per heavy atom. The molecule has 0 bridgehead atoms. The fourth-order valence-corrected chi connectivity index (χ4v) is 3.12. The summed E-state index contributed by atoms with van der Waals surface area (Å²) in [4.78, 5) is 11.4. The normalized spacial score (nSPS) is 27.9. The lowest BCUT2D eigenvalue weighted by molar-refractivity contribution is -0.119. The van der Waals surface area contributed by atoms with Crippen LogP contribution < -0.4 is 5.32 Å². The number of benzene rings is 1. The molecule has 1 spiro atoms. The lowest BCUT2D eigenvalue weighted by Crippen LogP contribution is -2.33. The third-order valence-electron chi connectivity index (χ3n) is 3.90. The summed E-state index contributed by atoms with van der Waals surface area (Å²) in [5.74, 6) is -0.0203. The maximum atomic E-state index is 13.7. The maximum Gasteiger partial charge on any atom is 0.220 e. The zero-order valence-electron chi connectivity index (χ0n) is 9.05. The number of halogens is 1. The Balaban J connectivity index is 2.13. The molecule has 1 unspecified atom stereocenters. The second-order valence-electron chi connectivity index (χ2n) is 4.85. The van der Waals surface area contributed by atoms with Crippen LogP contribution in [0.1, 0.15) is 30.4 Å². The topological polar surface area (TPSA) is 29.1 Å². The highest BCUT2D eigenvalue weighted by atomic mass is 19.1. The minimum Gasteiger partial charge on any atom is -0.355 e. The average Bonchev–Trinajstić information content (AvgIpc) is 2.63. The molecule has 1 amide bonds. The van der Waals surface area contributed by atoms with Gasteiger partial charge in [0, 0.05) is 18.4 Å². The van der Waals surface area contributed by atoms with Gasteiger partial charge in [-0.25, -0.2) is 4.39 Å². The second kappa shape index (κ2) is 3.30. The lowest BCUT2D eigenvalue weighted by Gasteiger charge is -2.34. The summed E-state index contributed by atoms with van der Waals surface area (Å²) in [6.07, 6.45) is 3.28. The van der Waals surface area contributed by atoms with Crippen LogP contribution in [0.4, 0.5) is 4.39 Å². The number of hydrogen-bond acceptors (Lipinski definition) is 1. The van der Waals surface area contributed by atoms with Crippen LogP contribution >= 0.6 is 0 Å². The summed E-state index contributed by atoms with van der Waals surface area (Å²) >= 11 is 0. The second-order valence-corrected chi connectivity index (χ2v) is 4.85. The van der Waals surface area contributed by atoms with Crippen molar-refractivity contribution in [2.45, 2.75) is 31.1 Å². The summed E-state index contributed by atoms with van der Waals surface area (Å²) in [6.45, 7) is 0.669. The van der Waals surface area contributed by atoms with Crippen LogP contribution in [0.2, 0.25) is 0 Å². The first-order valence-corrected chi connectivity index (χ1v) is 5.76. The van der Waals surface area contributed by atoms with Crippen molar-refractivity contribution in [3.8, 4) is 0 Å². The van der Waals surface area contributed by atoms with Gasteiger partial charge >= 0.3 is 0 Å². The van der Waals surface area contributed by atoms with Crippen LogP contribution in [0.3, 0.4) is 0 Å². The van der Waals surface area contributed by atoms with Crippen molar-refractivity contribution in [2.75, 3.05) is 6.54 Å². The van der Waals surface area contributed by atoms with Crippen molar-refractivity contribution < 1.29 is 9.18 Å². The monoisotopic (exact) mass is 219 g/mol. The standard InChI is InChI=1S/C13H14FNO/c14-11-5-1-4-10-9(11)3-2-6-13(10)7-12(16)15-8-13/h1,4-5H,2-3,6-8H2,(H,15,16). The zero-order valence-corrected chi connectivity index (χ0v) is 9.05. The van der Waals surface area contributed by atoms with Crippen molar-refractivity contribution in [2.24, 2.45) is 0 Å². The van der Waals surface area contributed by atoms with Crippen LogP contribution in [0.25, 0.3) is 0 Å². The van der Waals surface area contributed by atoms with Gasteiger partial charge in [-0.15, -0.1) is 0 Å². The van der Waals surface area contributed by atoms with E-state index in [9.17, 15) is 9.18 Å². The molecule has 3 rings (SSSR count). The molecule has 1 atom stereocenters. The van der Waals surface area contributed by atoms with E-state index in [2.05, 4.69) is 5.32 Å². The van der Waals surface area contributed by atoms with E-state index in [4.69, 9.17) is 0 Å². The fourth-order valence-electron chi connectivity index (χ4n) is 3.12. The SMILES string of the molecule is O=C1CC2(CCCc3c(F)cccc32)CN1. The van der Waals surface area contributed by atoms with Crippen LogP contribution in [0, 0.1) is 5.82 Å². The predicted octanol–water partition coefficient (Wildman–Crippen LogP) is 1.92. The Kier molecular flexibility index (Phi) is 2.03. The Hall–Kier alpha value is -1.38. The van der Waals surface area contributed by atoms with Crippen molar-refractivity contribution >= 4 is 5.91 Å². The first-order valence-electron chi connectivity index (χ1n) is 5.76. The van der Waals surface area contributed by atoms with Crippen molar-refractivity contribution in [3.63, 3.8) is 0 Å². The van der Waals surface area contributed by atoms with Gasteiger partial charge in [-0.1, -0.05) is 12.1 Å². The molecule has 1 fully saturated rings. The van der Waals surface area contributed by atoms with E-state index in [1.54, 1.807) is 6.07 Å². The smallest absolute Gasteiger partial charge is 0.220 e. The Morgan fingerprint density at radius 2 is 2.25 bits per heavy atom. The molecular formula is C13H14FNO. The molecular weight excluding hydrogens is 205 g/mol. The number of carbonyl (C=O) groups excluding carboxylic acids is 1. The van der Waals surface area contributed by atoms with E-state index in [1.165, 1.54) is 6.07 Å². The highest BCUT2D eigenvalue weighted by Gasteiger charge is 2.43. The Labute approximate surface area is 93.9 Å². The van der Waals surface area contributed by atoms with E-state index < -0.39 is 0 Å². The van der Waals surface area contributed by atoms with Gasteiger partial charge in [-0.3, -0.25) is 4.79 Å². The molecule has 2 aliphatic rings. The summed E-state index contributed by atoms with van der Waals surface area (Å²) < 4.78 is 13.7. The van der Waals surface area contributed by atoms with Crippen LogP contribution in [0.15, 0.2) is 18.2 Å². The van der Waals surface area contributed by atoms with Crippen molar-refractivity contribution in [1.82, 2.24) is 5.32 Å².